The van der Waals surface area contributed by atoms with Crippen LogP contribution in [-0.4, -0.2) is 28.0 Å². The Morgan fingerprint density at radius 2 is 2.06 bits per heavy atom. The summed E-state index contributed by atoms with van der Waals surface area (Å²) in [6.07, 6.45) is 3.93. The summed E-state index contributed by atoms with van der Waals surface area (Å²) < 4.78 is 1.80. The van der Waals surface area contributed by atoms with Gasteiger partial charge in [0.25, 0.3) is 0 Å². The Morgan fingerprint density at radius 1 is 1.44 bits per heavy atom. The molecule has 0 bridgehead atoms. The average Bonchev–Trinajstić information content (AvgIpc) is 2.60. The van der Waals surface area contributed by atoms with Gasteiger partial charge in [0.05, 0.1) is 18.0 Å². The third-order valence-corrected chi connectivity index (χ3v) is 3.50. The zero-order valence-corrected chi connectivity index (χ0v) is 10.7. The molecule has 16 heavy (non-hydrogen) atoms. The van der Waals surface area contributed by atoms with Gasteiger partial charge in [-0.05, 0) is 19.8 Å². The highest BCUT2D eigenvalue weighted by atomic mass is 16.3. The van der Waals surface area contributed by atoms with Crippen LogP contribution in [0, 0.1) is 12.3 Å². The number of anilines is 1. The van der Waals surface area contributed by atoms with Crippen molar-refractivity contribution in [3.63, 3.8) is 0 Å². The van der Waals surface area contributed by atoms with E-state index in [4.69, 9.17) is 0 Å². The zero-order valence-electron chi connectivity index (χ0n) is 10.7. The summed E-state index contributed by atoms with van der Waals surface area (Å²) in [5, 5.41) is 17.1. The normalized spacial score (nSPS) is 11.8. The Hall–Kier alpha value is -1.03. The van der Waals surface area contributed by atoms with Crippen molar-refractivity contribution in [1.82, 2.24) is 9.78 Å². The number of hydrogen-bond acceptors (Lipinski definition) is 3. The van der Waals surface area contributed by atoms with Gasteiger partial charge in [0.15, 0.2) is 0 Å². The molecule has 0 aliphatic carbocycles. The van der Waals surface area contributed by atoms with E-state index in [1.807, 2.05) is 20.2 Å². The number of nitrogens with one attached hydrogen (secondary N) is 1. The summed E-state index contributed by atoms with van der Waals surface area (Å²) in [5.41, 5.74) is 2.05. The number of aryl methyl sites for hydroxylation is 2. The second kappa shape index (κ2) is 5.34. The number of aliphatic hydroxyl groups excluding tert-OH is 1. The Balaban J connectivity index is 2.65. The van der Waals surface area contributed by atoms with Crippen LogP contribution in [0.2, 0.25) is 0 Å². The summed E-state index contributed by atoms with van der Waals surface area (Å²) in [6, 6.07) is 0. The highest BCUT2D eigenvalue weighted by Gasteiger charge is 2.25. The van der Waals surface area contributed by atoms with Gasteiger partial charge in [-0.1, -0.05) is 13.8 Å². The molecule has 1 rings (SSSR count). The van der Waals surface area contributed by atoms with E-state index in [0.717, 1.165) is 30.8 Å². The van der Waals surface area contributed by atoms with E-state index in [-0.39, 0.29) is 12.0 Å². The first-order chi connectivity index (χ1) is 7.56. The highest BCUT2D eigenvalue weighted by Crippen LogP contribution is 2.26. The summed E-state index contributed by atoms with van der Waals surface area (Å²) in [5.74, 6) is 0. The van der Waals surface area contributed by atoms with Gasteiger partial charge in [0, 0.05) is 25.2 Å². The number of rotatable bonds is 6. The monoisotopic (exact) mass is 225 g/mol. The maximum atomic E-state index is 9.47. The van der Waals surface area contributed by atoms with Crippen LogP contribution in [0.5, 0.6) is 0 Å². The van der Waals surface area contributed by atoms with Crippen LogP contribution in [0.3, 0.4) is 0 Å². The van der Waals surface area contributed by atoms with Crippen LogP contribution < -0.4 is 5.32 Å². The average molecular weight is 225 g/mol. The Bertz CT molecular complexity index is 321. The molecule has 4 nitrogen and oxygen atoms in total. The first-order valence-electron chi connectivity index (χ1n) is 5.92. The van der Waals surface area contributed by atoms with Gasteiger partial charge in [-0.25, -0.2) is 0 Å². The topological polar surface area (TPSA) is 50.1 Å². The molecule has 0 aliphatic heterocycles. The van der Waals surface area contributed by atoms with E-state index < -0.39 is 0 Å². The van der Waals surface area contributed by atoms with Crippen LogP contribution in [-0.2, 0) is 7.05 Å². The van der Waals surface area contributed by atoms with Crippen molar-refractivity contribution in [2.75, 3.05) is 18.5 Å². The molecule has 0 spiro atoms. The highest BCUT2D eigenvalue weighted by molar-refractivity contribution is 5.45. The fourth-order valence-corrected chi connectivity index (χ4v) is 1.84. The van der Waals surface area contributed by atoms with Crippen molar-refractivity contribution >= 4 is 5.69 Å². The first kappa shape index (κ1) is 13.0. The summed E-state index contributed by atoms with van der Waals surface area (Å²) in [4.78, 5) is 0. The van der Waals surface area contributed by atoms with Gasteiger partial charge in [-0.15, -0.1) is 0 Å². The molecule has 0 atom stereocenters. The molecular formula is C12H23N3O. The Morgan fingerprint density at radius 3 is 2.44 bits per heavy atom. The van der Waals surface area contributed by atoms with E-state index in [1.54, 1.807) is 4.68 Å². The summed E-state index contributed by atoms with van der Waals surface area (Å²) in [6.45, 7) is 7.26. The fraction of sp³-hybridized carbons (Fsp3) is 0.750. The molecule has 0 aliphatic rings. The Kier molecular flexibility index (Phi) is 4.35. The molecule has 1 aromatic rings. The van der Waals surface area contributed by atoms with Gasteiger partial charge in [-0.2, -0.15) is 5.10 Å². The molecule has 92 valence electrons. The quantitative estimate of drug-likeness (QED) is 0.778. The number of nitrogens with zero attached hydrogens (tertiary/aromatic N) is 2. The molecule has 1 aromatic heterocycles. The van der Waals surface area contributed by atoms with Gasteiger partial charge < -0.3 is 10.4 Å². The first-order valence-corrected chi connectivity index (χ1v) is 5.92. The van der Waals surface area contributed by atoms with Crippen molar-refractivity contribution < 1.29 is 5.11 Å². The number of aliphatic hydroxyl groups is 1. The summed E-state index contributed by atoms with van der Waals surface area (Å²) in [7, 11) is 1.91. The second-order valence-corrected chi connectivity index (χ2v) is 4.52. The zero-order chi connectivity index (χ0) is 12.2. The lowest BCUT2D eigenvalue weighted by molar-refractivity contribution is 0.127. The third-order valence-electron chi connectivity index (χ3n) is 3.50. The number of hydrogen-bond donors (Lipinski definition) is 2. The number of aromatic nitrogens is 2. The van der Waals surface area contributed by atoms with Crippen molar-refractivity contribution in [2.45, 2.75) is 33.6 Å². The molecule has 0 amide bonds. The van der Waals surface area contributed by atoms with E-state index in [0.29, 0.717) is 0 Å². The molecule has 1 heterocycles. The predicted molar refractivity (Wildman–Crippen MR) is 66.5 cm³/mol. The third kappa shape index (κ3) is 2.76. The standard InChI is InChI=1S/C12H23N3O/c1-5-12(6-2,9-16)8-13-11-7-15(4)14-10(11)3/h7,13,16H,5-6,8-9H2,1-4H3. The molecule has 4 heteroatoms. The molecule has 0 radical (unpaired) electrons. The molecule has 0 aromatic carbocycles. The maximum absolute atomic E-state index is 9.47. The minimum Gasteiger partial charge on any atom is -0.396 e. The molecule has 0 fully saturated rings. The van der Waals surface area contributed by atoms with E-state index in [2.05, 4.69) is 24.3 Å². The van der Waals surface area contributed by atoms with Gasteiger partial charge in [-0.3, -0.25) is 4.68 Å². The molecule has 0 saturated heterocycles. The largest absolute Gasteiger partial charge is 0.396 e. The van der Waals surface area contributed by atoms with E-state index >= 15 is 0 Å². The minimum absolute atomic E-state index is 0.0116. The van der Waals surface area contributed by atoms with Crippen molar-refractivity contribution in [2.24, 2.45) is 12.5 Å². The van der Waals surface area contributed by atoms with Crippen LogP contribution in [0.25, 0.3) is 0 Å². The Labute approximate surface area is 97.7 Å². The molecular weight excluding hydrogens is 202 g/mol. The molecule has 0 saturated carbocycles. The van der Waals surface area contributed by atoms with Gasteiger partial charge in [0.2, 0.25) is 0 Å². The van der Waals surface area contributed by atoms with Gasteiger partial charge >= 0.3 is 0 Å². The summed E-state index contributed by atoms with van der Waals surface area (Å²) >= 11 is 0. The van der Waals surface area contributed by atoms with Gasteiger partial charge in [0.1, 0.15) is 0 Å². The van der Waals surface area contributed by atoms with Crippen molar-refractivity contribution in [3.05, 3.63) is 11.9 Å². The van der Waals surface area contributed by atoms with Crippen molar-refractivity contribution in [1.29, 1.82) is 0 Å². The molecule has 2 N–H and O–H groups in total. The minimum atomic E-state index is -0.0116. The smallest absolute Gasteiger partial charge is 0.0824 e. The van der Waals surface area contributed by atoms with E-state index in [9.17, 15) is 5.11 Å². The maximum Gasteiger partial charge on any atom is 0.0824 e. The fourth-order valence-electron chi connectivity index (χ4n) is 1.84. The lowest BCUT2D eigenvalue weighted by atomic mass is 9.83. The SMILES string of the molecule is CCC(CC)(CO)CNc1cn(C)nc1C. The van der Waals surface area contributed by atoms with Crippen LogP contribution in [0.15, 0.2) is 6.20 Å². The van der Waals surface area contributed by atoms with Crippen LogP contribution >= 0.6 is 0 Å². The predicted octanol–water partition coefficient (Wildman–Crippen LogP) is 1.94. The molecule has 0 unspecified atom stereocenters. The lowest BCUT2D eigenvalue weighted by Crippen LogP contribution is -2.32. The van der Waals surface area contributed by atoms with Crippen molar-refractivity contribution in [3.8, 4) is 0 Å². The second-order valence-electron chi connectivity index (χ2n) is 4.52. The van der Waals surface area contributed by atoms with Crippen LogP contribution in [0.4, 0.5) is 5.69 Å². The lowest BCUT2D eigenvalue weighted by Gasteiger charge is -2.29. The van der Waals surface area contributed by atoms with Crippen LogP contribution in [0.1, 0.15) is 32.4 Å². The van der Waals surface area contributed by atoms with E-state index in [1.165, 1.54) is 0 Å².